The summed E-state index contributed by atoms with van der Waals surface area (Å²) in [5.41, 5.74) is 2.00. The number of urea groups is 1. The number of aromatic nitrogens is 1. The zero-order chi connectivity index (χ0) is 16.1. The fourth-order valence-corrected chi connectivity index (χ4v) is 2.96. The molecule has 1 N–H and O–H groups in total. The molecular formula is C19H23N3O. The average molecular weight is 309 g/mol. The molecule has 0 aliphatic carbocycles. The molecule has 1 aromatic heterocycles. The first kappa shape index (κ1) is 15.5. The number of carbonyl (C=O) groups is 1. The van der Waals surface area contributed by atoms with E-state index in [2.05, 4.69) is 35.4 Å². The van der Waals surface area contributed by atoms with Crippen molar-refractivity contribution in [3.63, 3.8) is 0 Å². The van der Waals surface area contributed by atoms with Crippen LogP contribution in [0.25, 0.3) is 10.9 Å². The van der Waals surface area contributed by atoms with Crippen LogP contribution in [-0.2, 0) is 6.54 Å². The second-order valence-corrected chi connectivity index (χ2v) is 5.99. The fourth-order valence-electron chi connectivity index (χ4n) is 2.96. The maximum absolute atomic E-state index is 12.4. The summed E-state index contributed by atoms with van der Waals surface area (Å²) >= 11 is 0. The summed E-state index contributed by atoms with van der Waals surface area (Å²) in [6, 6.07) is 10.3. The van der Waals surface area contributed by atoms with Gasteiger partial charge in [0.15, 0.2) is 0 Å². The van der Waals surface area contributed by atoms with Gasteiger partial charge >= 0.3 is 6.03 Å². The van der Waals surface area contributed by atoms with Gasteiger partial charge in [0.25, 0.3) is 0 Å². The minimum atomic E-state index is 0.00395. The third-order valence-corrected chi connectivity index (χ3v) is 4.27. The number of amides is 2. The van der Waals surface area contributed by atoms with E-state index in [4.69, 9.17) is 0 Å². The van der Waals surface area contributed by atoms with Gasteiger partial charge in [0.2, 0.25) is 0 Å². The lowest BCUT2D eigenvalue weighted by Gasteiger charge is -2.24. The van der Waals surface area contributed by atoms with Gasteiger partial charge in [-0.25, -0.2) is 4.79 Å². The Bertz CT molecular complexity index is 711. The maximum atomic E-state index is 12.4. The topological polar surface area (TPSA) is 45.2 Å². The first-order valence-corrected chi connectivity index (χ1v) is 8.32. The number of nitrogens with one attached hydrogen (secondary N) is 1. The first-order chi connectivity index (χ1) is 11.3. The smallest absolute Gasteiger partial charge is 0.318 e. The zero-order valence-corrected chi connectivity index (χ0v) is 13.5. The number of hydrogen-bond donors (Lipinski definition) is 1. The summed E-state index contributed by atoms with van der Waals surface area (Å²) in [6.07, 6.45) is 9.40. The Kier molecular flexibility index (Phi) is 4.91. The lowest BCUT2D eigenvalue weighted by atomic mass is 10.1. The fraction of sp³-hybridized carbons (Fsp3) is 0.368. The summed E-state index contributed by atoms with van der Waals surface area (Å²) in [7, 11) is 0. The van der Waals surface area contributed by atoms with Crippen molar-refractivity contribution in [2.24, 2.45) is 0 Å². The molecule has 2 heterocycles. The van der Waals surface area contributed by atoms with Crippen molar-refractivity contribution < 1.29 is 4.79 Å². The molecule has 1 aliphatic rings. The van der Waals surface area contributed by atoms with E-state index in [1.165, 1.54) is 0 Å². The molecule has 2 aromatic rings. The highest BCUT2D eigenvalue weighted by Crippen LogP contribution is 2.17. The molecule has 120 valence electrons. The molecule has 0 saturated heterocycles. The number of benzene rings is 1. The van der Waals surface area contributed by atoms with Gasteiger partial charge < -0.3 is 10.2 Å². The Hall–Kier alpha value is -2.36. The molecule has 2 amide bonds. The van der Waals surface area contributed by atoms with Gasteiger partial charge in [-0.3, -0.25) is 4.98 Å². The molecule has 3 rings (SSSR count). The van der Waals surface area contributed by atoms with Crippen LogP contribution in [0.2, 0.25) is 0 Å². The summed E-state index contributed by atoms with van der Waals surface area (Å²) < 4.78 is 0. The summed E-state index contributed by atoms with van der Waals surface area (Å²) in [5, 5.41) is 4.12. The number of carbonyl (C=O) groups excluding carboxylic acids is 1. The number of para-hydroxylation sites is 1. The molecule has 23 heavy (non-hydrogen) atoms. The predicted octanol–water partition coefficient (Wildman–Crippen LogP) is 3.88. The third kappa shape index (κ3) is 3.70. The SMILES string of the molecule is CCCC[C@H]1C=CCN1C(=O)NCc1cnc2ccccc2c1. The second-order valence-electron chi connectivity index (χ2n) is 5.99. The molecule has 0 unspecified atom stereocenters. The van der Waals surface area contributed by atoms with Gasteiger partial charge in [0.1, 0.15) is 0 Å². The van der Waals surface area contributed by atoms with Crippen molar-refractivity contribution in [3.8, 4) is 0 Å². The van der Waals surface area contributed by atoms with Crippen LogP contribution in [0.3, 0.4) is 0 Å². The van der Waals surface area contributed by atoms with Crippen molar-refractivity contribution in [2.75, 3.05) is 6.54 Å². The number of fused-ring (bicyclic) bond motifs is 1. The molecular weight excluding hydrogens is 286 g/mol. The van der Waals surface area contributed by atoms with E-state index in [1.54, 1.807) is 0 Å². The second kappa shape index (κ2) is 7.27. The number of unbranched alkanes of at least 4 members (excludes halogenated alkanes) is 1. The largest absolute Gasteiger partial charge is 0.334 e. The van der Waals surface area contributed by atoms with Crippen LogP contribution in [0.5, 0.6) is 0 Å². The molecule has 1 atom stereocenters. The Morgan fingerprint density at radius 3 is 3.13 bits per heavy atom. The lowest BCUT2D eigenvalue weighted by molar-refractivity contribution is 0.193. The summed E-state index contributed by atoms with van der Waals surface area (Å²) in [5.74, 6) is 0. The first-order valence-electron chi connectivity index (χ1n) is 8.32. The maximum Gasteiger partial charge on any atom is 0.318 e. The minimum Gasteiger partial charge on any atom is -0.334 e. The highest BCUT2D eigenvalue weighted by molar-refractivity contribution is 5.79. The molecule has 0 fully saturated rings. The Morgan fingerprint density at radius 1 is 1.39 bits per heavy atom. The van der Waals surface area contributed by atoms with E-state index in [-0.39, 0.29) is 12.1 Å². The van der Waals surface area contributed by atoms with Crippen LogP contribution in [0.15, 0.2) is 48.7 Å². The average Bonchev–Trinajstić information content (AvgIpc) is 3.06. The molecule has 4 heteroatoms. The van der Waals surface area contributed by atoms with Crippen LogP contribution >= 0.6 is 0 Å². The molecule has 0 saturated carbocycles. The van der Waals surface area contributed by atoms with Gasteiger partial charge in [-0.15, -0.1) is 0 Å². The highest BCUT2D eigenvalue weighted by Gasteiger charge is 2.23. The quantitative estimate of drug-likeness (QED) is 0.852. The van der Waals surface area contributed by atoms with Gasteiger partial charge in [-0.05, 0) is 24.1 Å². The van der Waals surface area contributed by atoms with Crippen molar-refractivity contribution in [3.05, 3.63) is 54.2 Å². The van der Waals surface area contributed by atoms with Gasteiger partial charge in [0.05, 0.1) is 11.6 Å². The molecule has 0 spiro atoms. The van der Waals surface area contributed by atoms with Crippen molar-refractivity contribution in [1.29, 1.82) is 0 Å². The van der Waals surface area contributed by atoms with Gasteiger partial charge in [0, 0.05) is 24.7 Å². The van der Waals surface area contributed by atoms with Gasteiger partial charge in [-0.2, -0.15) is 0 Å². The molecule has 0 bridgehead atoms. The standard InChI is InChI=1S/C19H23N3O/c1-2-3-8-17-9-6-11-22(17)19(23)21-14-15-12-16-7-4-5-10-18(16)20-13-15/h4-7,9-10,12-13,17H,2-3,8,11,14H2,1H3,(H,21,23)/t17-/m0/s1. The monoisotopic (exact) mass is 309 g/mol. The van der Waals surface area contributed by atoms with Crippen LogP contribution in [0.4, 0.5) is 4.79 Å². The Labute approximate surface area is 137 Å². The van der Waals surface area contributed by atoms with Crippen LogP contribution in [0.1, 0.15) is 31.7 Å². The van der Waals surface area contributed by atoms with Crippen molar-refractivity contribution in [2.45, 2.75) is 38.8 Å². The van der Waals surface area contributed by atoms with Crippen LogP contribution < -0.4 is 5.32 Å². The Balaban J connectivity index is 1.59. The normalized spacial score (nSPS) is 16.9. The van der Waals surface area contributed by atoms with Crippen LogP contribution in [-0.4, -0.2) is 28.5 Å². The van der Waals surface area contributed by atoms with E-state index < -0.39 is 0 Å². The summed E-state index contributed by atoms with van der Waals surface area (Å²) in [4.78, 5) is 18.8. The van der Waals surface area contributed by atoms with E-state index in [1.807, 2.05) is 35.4 Å². The zero-order valence-electron chi connectivity index (χ0n) is 13.5. The third-order valence-electron chi connectivity index (χ3n) is 4.27. The number of pyridine rings is 1. The Morgan fingerprint density at radius 2 is 2.26 bits per heavy atom. The highest BCUT2D eigenvalue weighted by atomic mass is 16.2. The van der Waals surface area contributed by atoms with Gasteiger partial charge in [-0.1, -0.05) is 50.1 Å². The molecule has 1 aromatic carbocycles. The van der Waals surface area contributed by atoms with E-state index in [0.717, 1.165) is 35.7 Å². The lowest BCUT2D eigenvalue weighted by Crippen LogP contribution is -2.42. The van der Waals surface area contributed by atoms with Crippen molar-refractivity contribution in [1.82, 2.24) is 15.2 Å². The number of rotatable bonds is 5. The number of nitrogens with zero attached hydrogens (tertiary/aromatic N) is 2. The predicted molar refractivity (Wildman–Crippen MR) is 93.1 cm³/mol. The molecule has 0 radical (unpaired) electrons. The number of hydrogen-bond acceptors (Lipinski definition) is 2. The summed E-state index contributed by atoms with van der Waals surface area (Å²) in [6.45, 7) is 3.39. The van der Waals surface area contributed by atoms with E-state index >= 15 is 0 Å². The van der Waals surface area contributed by atoms with Crippen LogP contribution in [0, 0.1) is 0 Å². The molecule has 4 nitrogen and oxygen atoms in total. The minimum absolute atomic E-state index is 0.00395. The molecule has 1 aliphatic heterocycles. The van der Waals surface area contributed by atoms with E-state index in [0.29, 0.717) is 13.1 Å². The van der Waals surface area contributed by atoms with Crippen molar-refractivity contribution >= 4 is 16.9 Å². The van der Waals surface area contributed by atoms with E-state index in [9.17, 15) is 4.79 Å².